The monoisotopic (exact) mass is 370 g/mol. The van der Waals surface area contributed by atoms with Crippen molar-refractivity contribution in [2.45, 2.75) is 38.6 Å². The van der Waals surface area contributed by atoms with E-state index in [0.717, 1.165) is 16.8 Å². The number of fused-ring (bicyclic) bond motifs is 3. The zero-order valence-corrected chi connectivity index (χ0v) is 16.0. The number of nitrogens with zero attached hydrogens (tertiary/aromatic N) is 2. The summed E-state index contributed by atoms with van der Waals surface area (Å²) in [6.07, 6.45) is 0.0143. The molecule has 2 heterocycles. The van der Waals surface area contributed by atoms with Crippen molar-refractivity contribution in [3.05, 3.63) is 64.7 Å². The van der Waals surface area contributed by atoms with E-state index in [9.17, 15) is 4.79 Å². The standard InChI is InChI=1S/C21H23ClN2O2/c1-14(2)24-19-10-9-17(22)11-18(19)21(16-7-5-4-6-8-16)23(13-20(24)25)12-15(3)26-21/h4-11,14-15H,12-13H2,1-3H3. The number of rotatable bonds is 2. The van der Waals surface area contributed by atoms with Gasteiger partial charge >= 0.3 is 0 Å². The summed E-state index contributed by atoms with van der Waals surface area (Å²) in [6, 6.07) is 15.9. The zero-order chi connectivity index (χ0) is 18.5. The van der Waals surface area contributed by atoms with Crippen LogP contribution in [0.5, 0.6) is 0 Å². The van der Waals surface area contributed by atoms with Crippen LogP contribution in [0.15, 0.2) is 48.5 Å². The molecule has 0 radical (unpaired) electrons. The Morgan fingerprint density at radius 2 is 1.92 bits per heavy atom. The Morgan fingerprint density at radius 3 is 2.62 bits per heavy atom. The second-order valence-electron chi connectivity index (χ2n) is 7.34. The van der Waals surface area contributed by atoms with Crippen molar-refractivity contribution < 1.29 is 9.53 Å². The lowest BCUT2D eigenvalue weighted by molar-refractivity contribution is -0.124. The van der Waals surface area contributed by atoms with Crippen LogP contribution in [0, 0.1) is 0 Å². The molecule has 1 amide bonds. The average Bonchev–Trinajstić information content (AvgIpc) is 2.89. The minimum atomic E-state index is -0.805. The van der Waals surface area contributed by atoms with E-state index in [1.807, 2.05) is 62.1 Å². The molecule has 5 heteroatoms. The van der Waals surface area contributed by atoms with Gasteiger partial charge in [0.05, 0.1) is 18.3 Å². The lowest BCUT2D eigenvalue weighted by Crippen LogP contribution is -2.46. The van der Waals surface area contributed by atoms with Gasteiger partial charge < -0.3 is 9.64 Å². The van der Waals surface area contributed by atoms with Gasteiger partial charge in [-0.05, 0) is 39.0 Å². The summed E-state index contributed by atoms with van der Waals surface area (Å²) in [4.78, 5) is 17.1. The van der Waals surface area contributed by atoms with Crippen LogP contribution >= 0.6 is 11.6 Å². The molecular weight excluding hydrogens is 348 g/mol. The van der Waals surface area contributed by atoms with Crippen molar-refractivity contribution in [2.24, 2.45) is 0 Å². The molecule has 0 aliphatic carbocycles. The van der Waals surface area contributed by atoms with Crippen molar-refractivity contribution in [1.82, 2.24) is 4.90 Å². The number of carbonyl (C=O) groups is 1. The van der Waals surface area contributed by atoms with E-state index in [-0.39, 0.29) is 18.1 Å². The fourth-order valence-electron chi connectivity index (χ4n) is 4.25. The molecule has 1 fully saturated rings. The first-order valence-electron chi connectivity index (χ1n) is 9.04. The molecular formula is C21H23ClN2O2. The topological polar surface area (TPSA) is 32.8 Å². The zero-order valence-electron chi connectivity index (χ0n) is 15.3. The van der Waals surface area contributed by atoms with Gasteiger partial charge in [0.2, 0.25) is 5.91 Å². The summed E-state index contributed by atoms with van der Waals surface area (Å²) < 4.78 is 6.57. The minimum absolute atomic E-state index is 0.0143. The Balaban J connectivity index is 2.04. The number of amides is 1. The van der Waals surface area contributed by atoms with Crippen LogP contribution in [0.2, 0.25) is 5.02 Å². The molecule has 2 aromatic rings. The summed E-state index contributed by atoms with van der Waals surface area (Å²) in [5, 5.41) is 0.639. The molecule has 0 saturated carbocycles. The molecule has 0 bridgehead atoms. The van der Waals surface area contributed by atoms with Crippen molar-refractivity contribution >= 4 is 23.2 Å². The summed E-state index contributed by atoms with van der Waals surface area (Å²) in [7, 11) is 0. The van der Waals surface area contributed by atoms with Crippen LogP contribution < -0.4 is 4.90 Å². The Hall–Kier alpha value is -1.88. The van der Waals surface area contributed by atoms with Crippen LogP contribution in [0.25, 0.3) is 0 Å². The van der Waals surface area contributed by atoms with Crippen LogP contribution in [-0.4, -0.2) is 36.0 Å². The second-order valence-corrected chi connectivity index (χ2v) is 7.77. The van der Waals surface area contributed by atoms with Gasteiger partial charge in [-0.1, -0.05) is 41.9 Å². The highest BCUT2D eigenvalue weighted by atomic mass is 35.5. The van der Waals surface area contributed by atoms with Crippen LogP contribution in [0.1, 0.15) is 31.9 Å². The predicted molar refractivity (Wildman–Crippen MR) is 103 cm³/mol. The van der Waals surface area contributed by atoms with Gasteiger partial charge in [0.1, 0.15) is 0 Å². The van der Waals surface area contributed by atoms with Gasteiger partial charge in [0, 0.05) is 28.7 Å². The Labute approximate surface area is 159 Å². The molecule has 2 aromatic carbocycles. The van der Waals surface area contributed by atoms with Gasteiger partial charge in [-0.3, -0.25) is 9.69 Å². The maximum atomic E-state index is 13.1. The van der Waals surface area contributed by atoms with Crippen LogP contribution in [0.3, 0.4) is 0 Å². The Morgan fingerprint density at radius 1 is 1.19 bits per heavy atom. The minimum Gasteiger partial charge on any atom is -0.347 e. The fraction of sp³-hybridized carbons (Fsp3) is 0.381. The number of hydrogen-bond acceptors (Lipinski definition) is 3. The van der Waals surface area contributed by atoms with E-state index >= 15 is 0 Å². The predicted octanol–water partition coefficient (Wildman–Crippen LogP) is 4.02. The van der Waals surface area contributed by atoms with Gasteiger partial charge in [-0.25, -0.2) is 0 Å². The summed E-state index contributed by atoms with van der Waals surface area (Å²) in [6.45, 7) is 7.12. The maximum absolute atomic E-state index is 13.1. The van der Waals surface area contributed by atoms with E-state index in [4.69, 9.17) is 16.3 Å². The van der Waals surface area contributed by atoms with Crippen molar-refractivity contribution in [3.63, 3.8) is 0 Å². The first kappa shape index (κ1) is 17.5. The first-order chi connectivity index (χ1) is 12.4. The number of ether oxygens (including phenoxy) is 1. The SMILES string of the molecule is CC1CN2CC(=O)N(C(C)C)c3ccc(Cl)cc3C2(c2ccccc2)O1. The molecule has 4 rings (SSSR count). The fourth-order valence-corrected chi connectivity index (χ4v) is 4.42. The van der Waals surface area contributed by atoms with Gasteiger partial charge in [-0.2, -0.15) is 0 Å². The third kappa shape index (κ3) is 2.56. The molecule has 0 N–H and O–H groups in total. The van der Waals surface area contributed by atoms with E-state index < -0.39 is 5.72 Å². The molecule has 26 heavy (non-hydrogen) atoms. The van der Waals surface area contributed by atoms with Crippen molar-refractivity contribution in [2.75, 3.05) is 18.0 Å². The van der Waals surface area contributed by atoms with E-state index in [1.165, 1.54) is 0 Å². The number of benzene rings is 2. The molecule has 0 aromatic heterocycles. The molecule has 2 aliphatic heterocycles. The molecule has 2 atom stereocenters. The highest BCUT2D eigenvalue weighted by Crippen LogP contribution is 2.48. The Kier molecular flexibility index (Phi) is 4.30. The third-order valence-corrected chi connectivity index (χ3v) is 5.39. The highest BCUT2D eigenvalue weighted by Gasteiger charge is 2.53. The number of anilines is 1. The maximum Gasteiger partial charge on any atom is 0.241 e. The summed E-state index contributed by atoms with van der Waals surface area (Å²) >= 11 is 6.39. The van der Waals surface area contributed by atoms with Gasteiger partial charge in [0.15, 0.2) is 5.72 Å². The quantitative estimate of drug-likeness (QED) is 0.800. The second kappa shape index (κ2) is 6.38. The number of halogens is 1. The van der Waals surface area contributed by atoms with Gasteiger partial charge in [-0.15, -0.1) is 0 Å². The van der Waals surface area contributed by atoms with Crippen LogP contribution in [-0.2, 0) is 15.3 Å². The summed E-state index contributed by atoms with van der Waals surface area (Å²) in [5.74, 6) is 0.0825. The first-order valence-corrected chi connectivity index (χ1v) is 9.41. The smallest absolute Gasteiger partial charge is 0.241 e. The van der Waals surface area contributed by atoms with Crippen molar-refractivity contribution in [3.8, 4) is 0 Å². The molecule has 0 spiro atoms. The van der Waals surface area contributed by atoms with Crippen LogP contribution in [0.4, 0.5) is 5.69 Å². The van der Waals surface area contributed by atoms with Gasteiger partial charge in [0.25, 0.3) is 0 Å². The molecule has 2 aliphatic rings. The molecule has 136 valence electrons. The lowest BCUT2D eigenvalue weighted by atomic mass is 9.91. The van der Waals surface area contributed by atoms with E-state index in [0.29, 0.717) is 18.1 Å². The normalized spacial score (nSPS) is 26.0. The van der Waals surface area contributed by atoms with Crippen molar-refractivity contribution in [1.29, 1.82) is 0 Å². The molecule has 1 saturated heterocycles. The van der Waals surface area contributed by atoms with E-state index in [1.54, 1.807) is 0 Å². The summed E-state index contributed by atoms with van der Waals surface area (Å²) in [5.41, 5.74) is 2.02. The molecule has 2 unspecified atom stereocenters. The highest BCUT2D eigenvalue weighted by molar-refractivity contribution is 6.30. The Bertz CT molecular complexity index is 839. The van der Waals surface area contributed by atoms with E-state index in [2.05, 4.69) is 17.0 Å². The third-order valence-electron chi connectivity index (χ3n) is 5.15. The average molecular weight is 371 g/mol. The lowest BCUT2D eigenvalue weighted by Gasteiger charge is -2.37. The number of carbonyl (C=O) groups excluding carboxylic acids is 1. The molecule has 4 nitrogen and oxygen atoms in total. The largest absolute Gasteiger partial charge is 0.347 e. The number of hydrogen-bond donors (Lipinski definition) is 0.